The molecule has 84 valence electrons. The van der Waals surface area contributed by atoms with Crippen LogP contribution in [0.4, 0.5) is 0 Å². The molecule has 1 unspecified atom stereocenters. The van der Waals surface area contributed by atoms with Crippen LogP contribution in [0.5, 0.6) is 0 Å². The summed E-state index contributed by atoms with van der Waals surface area (Å²) in [5, 5.41) is 3.87. The molecule has 1 aromatic rings. The van der Waals surface area contributed by atoms with Crippen molar-refractivity contribution in [2.45, 2.75) is 26.1 Å². The van der Waals surface area contributed by atoms with Crippen LogP contribution < -0.4 is 5.32 Å². The van der Waals surface area contributed by atoms with E-state index in [1.807, 2.05) is 31.3 Å². The number of ether oxygens (including phenoxy) is 1. The molecule has 0 bridgehead atoms. The average Bonchev–Trinajstić information content (AvgIpc) is 2.25. The largest absolute Gasteiger partial charge is 0.374 e. The zero-order valence-corrected chi connectivity index (χ0v) is 10.1. The molecule has 0 amide bonds. The monoisotopic (exact) mass is 227 g/mol. The van der Waals surface area contributed by atoms with Crippen LogP contribution in [0.15, 0.2) is 24.3 Å². The second-order valence-electron chi connectivity index (χ2n) is 3.64. The molecule has 1 rings (SSSR count). The summed E-state index contributed by atoms with van der Waals surface area (Å²) in [5.41, 5.74) is 1.16. The van der Waals surface area contributed by atoms with Gasteiger partial charge in [-0.3, -0.25) is 0 Å². The molecular formula is C12H18ClNO. The van der Waals surface area contributed by atoms with E-state index >= 15 is 0 Å². The van der Waals surface area contributed by atoms with E-state index in [1.54, 1.807) is 0 Å². The van der Waals surface area contributed by atoms with Crippen LogP contribution in [-0.4, -0.2) is 19.7 Å². The van der Waals surface area contributed by atoms with Crippen molar-refractivity contribution in [3.63, 3.8) is 0 Å². The third-order valence-corrected chi connectivity index (χ3v) is 2.50. The predicted octanol–water partition coefficient (Wildman–Crippen LogP) is 2.85. The van der Waals surface area contributed by atoms with Gasteiger partial charge in [0.2, 0.25) is 0 Å². The van der Waals surface area contributed by atoms with Crippen molar-refractivity contribution in [1.29, 1.82) is 0 Å². The van der Waals surface area contributed by atoms with E-state index in [1.165, 1.54) is 0 Å². The fourth-order valence-electron chi connectivity index (χ4n) is 1.25. The third-order valence-electron chi connectivity index (χ3n) is 2.25. The molecule has 0 aliphatic rings. The van der Waals surface area contributed by atoms with E-state index in [9.17, 15) is 0 Å². The molecule has 0 radical (unpaired) electrons. The average molecular weight is 228 g/mol. The first-order chi connectivity index (χ1) is 7.22. The van der Waals surface area contributed by atoms with E-state index in [0.29, 0.717) is 6.61 Å². The maximum Gasteiger partial charge on any atom is 0.0720 e. The minimum absolute atomic E-state index is 0.285. The van der Waals surface area contributed by atoms with E-state index in [4.69, 9.17) is 16.3 Å². The van der Waals surface area contributed by atoms with Gasteiger partial charge in [-0.05, 0) is 44.6 Å². The predicted molar refractivity (Wildman–Crippen MR) is 64.2 cm³/mol. The molecule has 3 heteroatoms. The van der Waals surface area contributed by atoms with Crippen LogP contribution >= 0.6 is 11.6 Å². The molecule has 0 spiro atoms. The molecular weight excluding hydrogens is 210 g/mol. The second-order valence-corrected chi connectivity index (χ2v) is 4.08. The fourth-order valence-corrected chi connectivity index (χ4v) is 1.38. The van der Waals surface area contributed by atoms with E-state index < -0.39 is 0 Å². The van der Waals surface area contributed by atoms with Crippen molar-refractivity contribution < 1.29 is 4.74 Å². The summed E-state index contributed by atoms with van der Waals surface area (Å²) in [6.45, 7) is 3.73. The van der Waals surface area contributed by atoms with Gasteiger partial charge in [-0.2, -0.15) is 0 Å². The highest BCUT2D eigenvalue weighted by Gasteiger charge is 2.01. The van der Waals surface area contributed by atoms with Crippen molar-refractivity contribution in [1.82, 2.24) is 5.32 Å². The summed E-state index contributed by atoms with van der Waals surface area (Å²) in [6.07, 6.45) is 1.32. The normalized spacial score (nSPS) is 12.7. The minimum atomic E-state index is 0.285. The Hall–Kier alpha value is -0.570. The van der Waals surface area contributed by atoms with Gasteiger partial charge in [-0.15, -0.1) is 0 Å². The van der Waals surface area contributed by atoms with Crippen molar-refractivity contribution >= 4 is 11.6 Å². The quantitative estimate of drug-likeness (QED) is 0.807. The first kappa shape index (κ1) is 12.5. The SMILES string of the molecule is CNCCC(C)OCc1ccc(Cl)cc1. The first-order valence-corrected chi connectivity index (χ1v) is 5.61. The van der Waals surface area contributed by atoms with Gasteiger partial charge in [0.25, 0.3) is 0 Å². The van der Waals surface area contributed by atoms with Crippen molar-refractivity contribution in [2.75, 3.05) is 13.6 Å². The second kappa shape index (κ2) is 6.83. The smallest absolute Gasteiger partial charge is 0.0720 e. The van der Waals surface area contributed by atoms with Gasteiger partial charge < -0.3 is 10.1 Å². The van der Waals surface area contributed by atoms with Gasteiger partial charge in [0.1, 0.15) is 0 Å². The molecule has 0 aliphatic carbocycles. The molecule has 0 aromatic heterocycles. The number of hydrogen-bond acceptors (Lipinski definition) is 2. The molecule has 1 aromatic carbocycles. The van der Waals surface area contributed by atoms with Crippen LogP contribution in [0.2, 0.25) is 5.02 Å². The lowest BCUT2D eigenvalue weighted by atomic mass is 10.2. The Bertz CT molecular complexity index is 273. The Balaban J connectivity index is 2.27. The van der Waals surface area contributed by atoms with Crippen LogP contribution in [0, 0.1) is 0 Å². The summed E-state index contributed by atoms with van der Waals surface area (Å²) < 4.78 is 5.69. The zero-order valence-electron chi connectivity index (χ0n) is 9.29. The van der Waals surface area contributed by atoms with Crippen LogP contribution in [-0.2, 0) is 11.3 Å². The standard InChI is InChI=1S/C12H18ClNO/c1-10(7-8-14-2)15-9-11-3-5-12(13)6-4-11/h3-6,10,14H,7-9H2,1-2H3. The Kier molecular flexibility index (Phi) is 5.69. The number of hydrogen-bond donors (Lipinski definition) is 1. The van der Waals surface area contributed by atoms with Gasteiger partial charge in [-0.1, -0.05) is 23.7 Å². The highest BCUT2D eigenvalue weighted by atomic mass is 35.5. The van der Waals surface area contributed by atoms with E-state index in [-0.39, 0.29) is 6.10 Å². The van der Waals surface area contributed by atoms with Crippen molar-refractivity contribution in [3.05, 3.63) is 34.9 Å². The summed E-state index contributed by atoms with van der Waals surface area (Å²) in [6, 6.07) is 7.76. The number of benzene rings is 1. The zero-order chi connectivity index (χ0) is 11.1. The summed E-state index contributed by atoms with van der Waals surface area (Å²) in [7, 11) is 1.95. The minimum Gasteiger partial charge on any atom is -0.374 e. The van der Waals surface area contributed by atoms with Gasteiger partial charge in [0.15, 0.2) is 0 Å². The van der Waals surface area contributed by atoms with Crippen molar-refractivity contribution in [2.24, 2.45) is 0 Å². The molecule has 0 saturated carbocycles. The van der Waals surface area contributed by atoms with Crippen LogP contribution in [0.25, 0.3) is 0 Å². The molecule has 1 atom stereocenters. The van der Waals surface area contributed by atoms with Crippen molar-refractivity contribution in [3.8, 4) is 0 Å². The van der Waals surface area contributed by atoms with Crippen LogP contribution in [0.1, 0.15) is 18.9 Å². The lowest BCUT2D eigenvalue weighted by molar-refractivity contribution is 0.0481. The van der Waals surface area contributed by atoms with Gasteiger partial charge in [0.05, 0.1) is 12.7 Å². The Morgan fingerprint density at radius 1 is 1.33 bits per heavy atom. The summed E-state index contributed by atoms with van der Waals surface area (Å²) >= 11 is 5.79. The molecule has 1 N–H and O–H groups in total. The summed E-state index contributed by atoms with van der Waals surface area (Å²) in [5.74, 6) is 0. The Morgan fingerprint density at radius 3 is 2.60 bits per heavy atom. The van der Waals surface area contributed by atoms with E-state index in [2.05, 4.69) is 12.2 Å². The maximum atomic E-state index is 5.79. The highest BCUT2D eigenvalue weighted by molar-refractivity contribution is 6.30. The Labute approximate surface area is 96.6 Å². The fraction of sp³-hybridized carbons (Fsp3) is 0.500. The third kappa shape index (κ3) is 5.17. The molecule has 0 heterocycles. The number of halogens is 1. The lowest BCUT2D eigenvalue weighted by Gasteiger charge is -2.12. The number of rotatable bonds is 6. The van der Waals surface area contributed by atoms with Gasteiger partial charge >= 0.3 is 0 Å². The topological polar surface area (TPSA) is 21.3 Å². The maximum absolute atomic E-state index is 5.79. The Morgan fingerprint density at radius 2 is 2.00 bits per heavy atom. The lowest BCUT2D eigenvalue weighted by Crippen LogP contribution is -2.17. The molecule has 15 heavy (non-hydrogen) atoms. The highest BCUT2D eigenvalue weighted by Crippen LogP contribution is 2.11. The molecule has 2 nitrogen and oxygen atoms in total. The van der Waals surface area contributed by atoms with E-state index in [0.717, 1.165) is 23.6 Å². The molecule has 0 saturated heterocycles. The van der Waals surface area contributed by atoms with Crippen LogP contribution in [0.3, 0.4) is 0 Å². The first-order valence-electron chi connectivity index (χ1n) is 5.23. The van der Waals surface area contributed by atoms with Gasteiger partial charge in [-0.25, -0.2) is 0 Å². The summed E-state index contributed by atoms with van der Waals surface area (Å²) in [4.78, 5) is 0. The van der Waals surface area contributed by atoms with Gasteiger partial charge in [0, 0.05) is 5.02 Å². The molecule has 0 fully saturated rings. The molecule has 0 aliphatic heterocycles. The number of nitrogens with one attached hydrogen (secondary N) is 1.